The second kappa shape index (κ2) is 6.19. The molecule has 1 atom stereocenters. The van der Waals surface area contributed by atoms with E-state index in [-0.39, 0.29) is 24.3 Å². The number of hydrogen-bond donors (Lipinski definition) is 2. The van der Waals surface area contributed by atoms with E-state index in [9.17, 15) is 4.39 Å². The van der Waals surface area contributed by atoms with Crippen LogP contribution in [-0.4, -0.2) is 6.54 Å². The van der Waals surface area contributed by atoms with Crippen LogP contribution in [0.15, 0.2) is 18.2 Å². The molecule has 0 amide bonds. The van der Waals surface area contributed by atoms with E-state index >= 15 is 0 Å². The van der Waals surface area contributed by atoms with E-state index in [0.29, 0.717) is 18.0 Å². The Hall–Kier alpha value is -0.350. The molecule has 0 aliphatic heterocycles. The highest BCUT2D eigenvalue weighted by Gasteiger charge is 2.09. The van der Waals surface area contributed by atoms with Crippen molar-refractivity contribution in [3.63, 3.8) is 0 Å². The van der Waals surface area contributed by atoms with Gasteiger partial charge in [-0.25, -0.2) is 4.39 Å². The molecule has 2 nitrogen and oxygen atoms in total. The number of nitrogens with two attached hydrogens (primary N) is 2. The van der Waals surface area contributed by atoms with Crippen molar-refractivity contribution in [3.8, 4) is 0 Å². The van der Waals surface area contributed by atoms with Crippen LogP contribution in [0.25, 0.3) is 0 Å². The van der Waals surface area contributed by atoms with Gasteiger partial charge in [0.2, 0.25) is 0 Å². The predicted molar refractivity (Wildman–Crippen MR) is 59.3 cm³/mol. The second-order valence-corrected chi connectivity index (χ2v) is 3.26. The third-order valence-electron chi connectivity index (χ3n) is 1.84. The maximum atomic E-state index is 12.6. The van der Waals surface area contributed by atoms with Crippen molar-refractivity contribution in [1.82, 2.24) is 0 Å². The van der Waals surface area contributed by atoms with Crippen LogP contribution in [0.2, 0.25) is 5.02 Å². The van der Waals surface area contributed by atoms with Crippen molar-refractivity contribution in [2.24, 2.45) is 11.5 Å². The summed E-state index contributed by atoms with van der Waals surface area (Å²) in [5.74, 6) is -0.353. The number of hydrogen-bond acceptors (Lipinski definition) is 2. The number of rotatable bonds is 3. The first kappa shape index (κ1) is 13.7. The lowest BCUT2D eigenvalue weighted by atomic mass is 10.0. The summed E-state index contributed by atoms with van der Waals surface area (Å²) in [6.45, 7) is 0.495. The van der Waals surface area contributed by atoms with Crippen LogP contribution in [0.1, 0.15) is 18.0 Å². The zero-order valence-electron chi connectivity index (χ0n) is 7.54. The van der Waals surface area contributed by atoms with Gasteiger partial charge < -0.3 is 11.5 Å². The quantitative estimate of drug-likeness (QED) is 0.849. The zero-order chi connectivity index (χ0) is 9.84. The molecule has 0 heterocycles. The smallest absolute Gasteiger partial charge is 0.124 e. The lowest BCUT2D eigenvalue weighted by Crippen LogP contribution is -2.15. The highest BCUT2D eigenvalue weighted by atomic mass is 35.5. The monoisotopic (exact) mass is 238 g/mol. The van der Waals surface area contributed by atoms with Gasteiger partial charge in [0.25, 0.3) is 0 Å². The van der Waals surface area contributed by atoms with Gasteiger partial charge in [-0.3, -0.25) is 0 Å². The number of benzene rings is 1. The lowest BCUT2D eigenvalue weighted by Gasteiger charge is -2.12. The summed E-state index contributed by atoms with van der Waals surface area (Å²) in [5, 5.41) is 0.362. The first-order valence-corrected chi connectivity index (χ1v) is 4.43. The Morgan fingerprint density at radius 1 is 1.43 bits per heavy atom. The van der Waals surface area contributed by atoms with Gasteiger partial charge in [0.05, 0.1) is 0 Å². The largest absolute Gasteiger partial charge is 0.330 e. The van der Waals surface area contributed by atoms with E-state index in [1.165, 1.54) is 12.1 Å². The Morgan fingerprint density at radius 2 is 2.07 bits per heavy atom. The van der Waals surface area contributed by atoms with Crippen LogP contribution in [-0.2, 0) is 0 Å². The SMILES string of the molecule is Cl.NCC[C@@H](N)c1ccc(F)cc1Cl. The molecule has 0 aliphatic rings. The van der Waals surface area contributed by atoms with Crippen LogP contribution < -0.4 is 11.5 Å². The molecule has 0 fully saturated rings. The lowest BCUT2D eigenvalue weighted by molar-refractivity contribution is 0.621. The molecule has 0 spiro atoms. The highest BCUT2D eigenvalue weighted by molar-refractivity contribution is 6.31. The first-order chi connectivity index (χ1) is 6.15. The molecular formula is C9H13Cl2FN2. The fourth-order valence-corrected chi connectivity index (χ4v) is 1.44. The third-order valence-corrected chi connectivity index (χ3v) is 2.17. The molecule has 80 valence electrons. The maximum absolute atomic E-state index is 12.6. The van der Waals surface area contributed by atoms with Gasteiger partial charge in [-0.1, -0.05) is 17.7 Å². The second-order valence-electron chi connectivity index (χ2n) is 2.85. The van der Waals surface area contributed by atoms with Gasteiger partial charge in [-0.15, -0.1) is 12.4 Å². The fourth-order valence-electron chi connectivity index (χ4n) is 1.14. The van der Waals surface area contributed by atoms with Gasteiger partial charge >= 0.3 is 0 Å². The minimum absolute atomic E-state index is 0. The highest BCUT2D eigenvalue weighted by Crippen LogP contribution is 2.23. The van der Waals surface area contributed by atoms with Crippen molar-refractivity contribution in [2.45, 2.75) is 12.5 Å². The Kier molecular flexibility index (Phi) is 6.04. The Bertz CT molecular complexity index is 294. The minimum atomic E-state index is -0.353. The molecule has 14 heavy (non-hydrogen) atoms. The van der Waals surface area contributed by atoms with E-state index in [4.69, 9.17) is 23.1 Å². The van der Waals surface area contributed by atoms with E-state index in [1.807, 2.05) is 0 Å². The molecule has 0 aliphatic carbocycles. The summed E-state index contributed by atoms with van der Waals surface area (Å²) < 4.78 is 12.6. The standard InChI is InChI=1S/C9H12ClFN2.ClH/c10-8-5-6(11)1-2-7(8)9(13)3-4-12;/h1-2,5,9H,3-4,12-13H2;1H/t9-;/m1./s1. The van der Waals surface area contributed by atoms with Crippen LogP contribution in [0.3, 0.4) is 0 Å². The summed E-state index contributed by atoms with van der Waals surface area (Å²) in [5.41, 5.74) is 11.9. The summed E-state index contributed by atoms with van der Waals surface area (Å²) >= 11 is 5.80. The van der Waals surface area contributed by atoms with Crippen LogP contribution in [0.5, 0.6) is 0 Å². The van der Waals surface area contributed by atoms with E-state index in [2.05, 4.69) is 0 Å². The molecule has 0 aromatic heterocycles. The topological polar surface area (TPSA) is 52.0 Å². The van der Waals surface area contributed by atoms with Gasteiger partial charge in [0.1, 0.15) is 5.82 Å². The average molecular weight is 239 g/mol. The van der Waals surface area contributed by atoms with Gasteiger partial charge in [-0.05, 0) is 30.7 Å². The van der Waals surface area contributed by atoms with Crippen molar-refractivity contribution in [3.05, 3.63) is 34.6 Å². The van der Waals surface area contributed by atoms with Crippen molar-refractivity contribution >= 4 is 24.0 Å². The molecule has 0 bridgehead atoms. The zero-order valence-corrected chi connectivity index (χ0v) is 9.11. The Labute approximate surface area is 93.8 Å². The van der Waals surface area contributed by atoms with Gasteiger partial charge in [0.15, 0.2) is 0 Å². The van der Waals surface area contributed by atoms with Crippen molar-refractivity contribution in [2.75, 3.05) is 6.54 Å². The molecule has 1 rings (SSSR count). The molecule has 0 radical (unpaired) electrons. The van der Waals surface area contributed by atoms with E-state index in [1.54, 1.807) is 6.07 Å². The Morgan fingerprint density at radius 3 is 2.57 bits per heavy atom. The fraction of sp³-hybridized carbons (Fsp3) is 0.333. The Balaban J connectivity index is 0.00000169. The molecule has 1 aromatic rings. The van der Waals surface area contributed by atoms with E-state index < -0.39 is 0 Å². The summed E-state index contributed by atoms with van der Waals surface area (Å²) in [4.78, 5) is 0. The summed E-state index contributed by atoms with van der Waals surface area (Å²) in [6.07, 6.45) is 0.644. The molecule has 0 saturated carbocycles. The van der Waals surface area contributed by atoms with Gasteiger partial charge in [-0.2, -0.15) is 0 Å². The predicted octanol–water partition coefficient (Wildman–Crippen LogP) is 2.25. The average Bonchev–Trinajstić information content (AvgIpc) is 2.04. The van der Waals surface area contributed by atoms with Crippen LogP contribution >= 0.6 is 24.0 Å². The van der Waals surface area contributed by atoms with Crippen LogP contribution in [0, 0.1) is 5.82 Å². The summed E-state index contributed by atoms with van der Waals surface area (Å²) in [7, 11) is 0. The minimum Gasteiger partial charge on any atom is -0.330 e. The van der Waals surface area contributed by atoms with Crippen molar-refractivity contribution in [1.29, 1.82) is 0 Å². The van der Waals surface area contributed by atoms with E-state index in [0.717, 1.165) is 5.56 Å². The molecular weight excluding hydrogens is 226 g/mol. The molecule has 1 aromatic carbocycles. The normalized spacial score (nSPS) is 12.0. The molecule has 0 saturated heterocycles. The third kappa shape index (κ3) is 3.42. The van der Waals surface area contributed by atoms with Crippen molar-refractivity contribution < 1.29 is 4.39 Å². The van der Waals surface area contributed by atoms with Gasteiger partial charge in [0, 0.05) is 11.1 Å². The molecule has 4 N–H and O–H groups in total. The maximum Gasteiger partial charge on any atom is 0.124 e. The first-order valence-electron chi connectivity index (χ1n) is 4.05. The van der Waals surface area contributed by atoms with Crippen LogP contribution in [0.4, 0.5) is 4.39 Å². The molecule has 0 unspecified atom stereocenters. The number of halogens is 3. The summed E-state index contributed by atoms with van der Waals surface area (Å²) in [6, 6.07) is 3.99. The molecule has 5 heteroatoms.